The molecule has 4 heteroatoms. The first-order valence-electron chi connectivity index (χ1n) is 6.40. The molecule has 0 radical (unpaired) electrons. The lowest BCUT2D eigenvalue weighted by Gasteiger charge is -2.33. The Labute approximate surface area is 113 Å². The minimum absolute atomic E-state index is 0.148. The average Bonchev–Trinajstić information content (AvgIpc) is 2.37. The van der Waals surface area contributed by atoms with Gasteiger partial charge in [-0.25, -0.2) is 0 Å². The van der Waals surface area contributed by atoms with E-state index in [0.29, 0.717) is 11.8 Å². The molecule has 1 N–H and O–H groups in total. The van der Waals surface area contributed by atoms with Crippen molar-refractivity contribution >= 4 is 23.4 Å². The number of thioether (sulfide) groups is 1. The first-order valence-corrected chi connectivity index (χ1v) is 7.28. The van der Waals surface area contributed by atoms with Crippen LogP contribution in [0, 0.1) is 0 Å². The molecule has 3 nitrogen and oxygen atoms in total. The highest BCUT2D eigenvalue weighted by atomic mass is 32.2. The number of carbonyl (C=O) groups is 1. The first kappa shape index (κ1) is 13.4. The maximum absolute atomic E-state index is 12.1. The third-order valence-electron chi connectivity index (χ3n) is 3.12. The van der Waals surface area contributed by atoms with Gasteiger partial charge in [-0.1, -0.05) is 19.9 Å². The molecule has 1 amide bonds. The van der Waals surface area contributed by atoms with Gasteiger partial charge in [0.25, 0.3) is 0 Å². The maximum Gasteiger partial charge on any atom is 0.240 e. The van der Waals surface area contributed by atoms with E-state index in [4.69, 9.17) is 0 Å². The maximum atomic E-state index is 12.1. The largest absolute Gasteiger partial charge is 0.311 e. The molecule has 18 heavy (non-hydrogen) atoms. The van der Waals surface area contributed by atoms with Crippen molar-refractivity contribution in [1.29, 1.82) is 0 Å². The van der Waals surface area contributed by atoms with E-state index in [1.54, 1.807) is 7.05 Å². The van der Waals surface area contributed by atoms with Crippen LogP contribution in [-0.4, -0.2) is 31.3 Å². The molecule has 1 aliphatic rings. The van der Waals surface area contributed by atoms with Crippen LogP contribution in [0.4, 0.5) is 5.69 Å². The zero-order valence-corrected chi connectivity index (χ0v) is 12.0. The molecule has 2 rings (SSSR count). The normalized spacial score (nSPS) is 18.6. The summed E-state index contributed by atoms with van der Waals surface area (Å²) in [5.41, 5.74) is 2.40. The molecule has 0 fully saturated rings. The minimum atomic E-state index is 0.148. The van der Waals surface area contributed by atoms with Gasteiger partial charge in [0.15, 0.2) is 0 Å². The molecule has 1 aromatic rings. The fourth-order valence-corrected chi connectivity index (χ4v) is 3.36. The van der Waals surface area contributed by atoms with Crippen LogP contribution in [0.25, 0.3) is 0 Å². The molecule has 1 unspecified atom stereocenters. The summed E-state index contributed by atoms with van der Waals surface area (Å²) < 4.78 is 0. The molecule has 1 atom stereocenters. The molecule has 1 aromatic carbocycles. The summed E-state index contributed by atoms with van der Waals surface area (Å²) >= 11 is 1.87. The number of fused-ring (bicyclic) bond motifs is 1. The number of likely N-dealkylation sites (N-methyl/N-ethyl adjacent to an activating group) is 1. The van der Waals surface area contributed by atoms with E-state index >= 15 is 0 Å². The van der Waals surface area contributed by atoms with Crippen LogP contribution in [0.5, 0.6) is 0 Å². The summed E-state index contributed by atoms with van der Waals surface area (Å²) in [5.74, 6) is 0.148. The Bertz CT molecular complexity index is 447. The van der Waals surface area contributed by atoms with Crippen molar-refractivity contribution in [2.24, 2.45) is 0 Å². The lowest BCUT2D eigenvalue weighted by molar-refractivity contribution is -0.117. The van der Waals surface area contributed by atoms with Gasteiger partial charge in [-0.3, -0.25) is 4.79 Å². The predicted octanol–water partition coefficient (Wildman–Crippen LogP) is 2.30. The second-order valence-electron chi connectivity index (χ2n) is 4.62. The van der Waals surface area contributed by atoms with Crippen LogP contribution in [0.1, 0.15) is 19.4 Å². The smallest absolute Gasteiger partial charge is 0.240 e. The molecular formula is C14H20N2OS. The van der Waals surface area contributed by atoms with E-state index in [0.717, 1.165) is 18.7 Å². The standard InChI is InChI=1S/C14H20N2OS/c1-4-11-5-6-12-13(7-11)18-10(2)9-16(12)14(17)8-15-3/h5-7,10,15H,4,8-9H2,1-3H3. The van der Waals surface area contributed by atoms with E-state index in [9.17, 15) is 4.79 Å². The summed E-state index contributed by atoms with van der Waals surface area (Å²) in [6, 6.07) is 6.42. The van der Waals surface area contributed by atoms with E-state index < -0.39 is 0 Å². The van der Waals surface area contributed by atoms with Crippen LogP contribution >= 0.6 is 11.8 Å². The number of hydrogen-bond donors (Lipinski definition) is 1. The molecular weight excluding hydrogens is 244 g/mol. The topological polar surface area (TPSA) is 32.3 Å². The van der Waals surface area contributed by atoms with Gasteiger partial charge in [-0.05, 0) is 31.2 Å². The summed E-state index contributed by atoms with van der Waals surface area (Å²) in [7, 11) is 1.81. The lowest BCUT2D eigenvalue weighted by atomic mass is 10.1. The number of hydrogen-bond acceptors (Lipinski definition) is 3. The summed E-state index contributed by atoms with van der Waals surface area (Å²) in [6.07, 6.45) is 1.03. The van der Waals surface area contributed by atoms with Crippen LogP contribution in [0.2, 0.25) is 0 Å². The van der Waals surface area contributed by atoms with Crippen molar-refractivity contribution in [3.05, 3.63) is 23.8 Å². The van der Waals surface area contributed by atoms with Gasteiger partial charge in [-0.15, -0.1) is 11.8 Å². The van der Waals surface area contributed by atoms with Gasteiger partial charge in [0.2, 0.25) is 5.91 Å². The zero-order valence-electron chi connectivity index (χ0n) is 11.2. The van der Waals surface area contributed by atoms with Crippen molar-refractivity contribution in [3.63, 3.8) is 0 Å². The molecule has 0 spiro atoms. The van der Waals surface area contributed by atoms with Crippen LogP contribution in [0.3, 0.4) is 0 Å². The van der Waals surface area contributed by atoms with Crippen LogP contribution in [-0.2, 0) is 11.2 Å². The number of anilines is 1. The molecule has 1 aliphatic heterocycles. The number of nitrogens with zero attached hydrogens (tertiary/aromatic N) is 1. The third-order valence-corrected chi connectivity index (χ3v) is 4.25. The van der Waals surface area contributed by atoms with Crippen molar-refractivity contribution in [3.8, 4) is 0 Å². The highest BCUT2D eigenvalue weighted by Crippen LogP contribution is 2.39. The third kappa shape index (κ3) is 2.70. The summed E-state index contributed by atoms with van der Waals surface area (Å²) in [5, 5.41) is 3.38. The fourth-order valence-electron chi connectivity index (χ4n) is 2.19. The van der Waals surface area contributed by atoms with Crippen molar-refractivity contribution in [2.75, 3.05) is 25.0 Å². The number of amides is 1. The minimum Gasteiger partial charge on any atom is -0.311 e. The van der Waals surface area contributed by atoms with Crippen LogP contribution in [0.15, 0.2) is 23.1 Å². The SMILES string of the molecule is CCc1ccc2c(c1)SC(C)CN2C(=O)CNC. The van der Waals surface area contributed by atoms with Gasteiger partial charge in [0, 0.05) is 16.7 Å². The Morgan fingerprint density at radius 3 is 3.00 bits per heavy atom. The summed E-state index contributed by atoms with van der Waals surface area (Å²) in [6.45, 7) is 5.52. The van der Waals surface area contributed by atoms with Gasteiger partial charge in [0.1, 0.15) is 0 Å². The van der Waals surface area contributed by atoms with Crippen molar-refractivity contribution in [2.45, 2.75) is 30.4 Å². The predicted molar refractivity (Wildman–Crippen MR) is 77.4 cm³/mol. The molecule has 0 aromatic heterocycles. The van der Waals surface area contributed by atoms with Gasteiger partial charge >= 0.3 is 0 Å². The van der Waals surface area contributed by atoms with E-state index in [-0.39, 0.29) is 5.91 Å². The van der Waals surface area contributed by atoms with Gasteiger partial charge in [0.05, 0.1) is 12.2 Å². The lowest BCUT2D eigenvalue weighted by Crippen LogP contribution is -2.42. The first-order chi connectivity index (χ1) is 8.65. The Morgan fingerprint density at radius 2 is 2.33 bits per heavy atom. The zero-order chi connectivity index (χ0) is 13.1. The highest BCUT2D eigenvalue weighted by molar-refractivity contribution is 8.00. The van der Waals surface area contributed by atoms with E-state index in [1.807, 2.05) is 16.7 Å². The Balaban J connectivity index is 2.33. The van der Waals surface area contributed by atoms with Gasteiger partial charge < -0.3 is 10.2 Å². The highest BCUT2D eigenvalue weighted by Gasteiger charge is 2.26. The molecule has 0 aliphatic carbocycles. The quantitative estimate of drug-likeness (QED) is 0.909. The van der Waals surface area contributed by atoms with E-state index in [1.165, 1.54) is 10.5 Å². The second-order valence-corrected chi connectivity index (χ2v) is 6.10. The Hall–Kier alpha value is -1.00. The Morgan fingerprint density at radius 1 is 1.56 bits per heavy atom. The van der Waals surface area contributed by atoms with Crippen molar-refractivity contribution in [1.82, 2.24) is 5.32 Å². The molecule has 0 saturated heterocycles. The fraction of sp³-hybridized carbons (Fsp3) is 0.500. The average molecular weight is 264 g/mol. The molecule has 0 bridgehead atoms. The number of aryl methyl sites for hydroxylation is 1. The second kappa shape index (κ2) is 5.76. The van der Waals surface area contributed by atoms with Gasteiger partial charge in [-0.2, -0.15) is 0 Å². The number of rotatable bonds is 3. The molecule has 1 heterocycles. The molecule has 98 valence electrons. The van der Waals surface area contributed by atoms with Crippen LogP contribution < -0.4 is 10.2 Å². The summed E-state index contributed by atoms with van der Waals surface area (Å²) in [4.78, 5) is 15.3. The number of carbonyl (C=O) groups excluding carboxylic acids is 1. The monoisotopic (exact) mass is 264 g/mol. The van der Waals surface area contributed by atoms with E-state index in [2.05, 4.69) is 37.4 Å². The number of benzene rings is 1. The van der Waals surface area contributed by atoms with Crippen molar-refractivity contribution < 1.29 is 4.79 Å². The Kier molecular flexibility index (Phi) is 4.30. The molecule has 0 saturated carbocycles. The number of nitrogens with one attached hydrogen (secondary N) is 1.